The molecule has 3 rings (SSSR count). The molecule has 3 nitrogen and oxygen atoms in total. The summed E-state index contributed by atoms with van der Waals surface area (Å²) < 4.78 is 5.23. The van der Waals surface area contributed by atoms with Gasteiger partial charge >= 0.3 is 0 Å². The molecule has 1 heterocycles. The van der Waals surface area contributed by atoms with Gasteiger partial charge in [-0.15, -0.1) is 11.3 Å². The Morgan fingerprint density at radius 2 is 1.93 bits per heavy atom. The minimum absolute atomic E-state index is 0.234. The minimum Gasteiger partial charge on any atom is -0.497 e. The fraction of sp³-hybridized carbons (Fsp3) is 0.522. The SMILES string of the molecule is COc1ccc(CNC(=S)[C@@H](CCC2CCCCC2)NCc2cccs2)cc1. The normalized spacial score (nSPS) is 15.9. The van der Waals surface area contributed by atoms with Gasteiger partial charge in [0.15, 0.2) is 0 Å². The van der Waals surface area contributed by atoms with E-state index in [1.807, 2.05) is 12.1 Å². The topological polar surface area (TPSA) is 33.3 Å². The highest BCUT2D eigenvalue weighted by atomic mass is 32.1. The van der Waals surface area contributed by atoms with E-state index in [1.165, 1.54) is 49.0 Å². The number of ether oxygens (including phenoxy) is 1. The quantitative estimate of drug-likeness (QED) is 0.487. The van der Waals surface area contributed by atoms with Gasteiger partial charge < -0.3 is 15.4 Å². The van der Waals surface area contributed by atoms with E-state index in [4.69, 9.17) is 17.0 Å². The predicted molar refractivity (Wildman–Crippen MR) is 123 cm³/mol. The zero-order valence-corrected chi connectivity index (χ0v) is 18.4. The Balaban J connectivity index is 1.52. The number of thiophene rings is 1. The molecule has 1 aliphatic carbocycles. The van der Waals surface area contributed by atoms with Crippen LogP contribution in [0.1, 0.15) is 55.4 Å². The van der Waals surface area contributed by atoms with Crippen LogP contribution >= 0.6 is 23.6 Å². The summed E-state index contributed by atoms with van der Waals surface area (Å²) in [5, 5.41) is 9.32. The van der Waals surface area contributed by atoms with Crippen LogP contribution in [0.4, 0.5) is 0 Å². The second-order valence-corrected chi connectivity index (χ2v) is 9.13. The molecule has 0 aliphatic heterocycles. The maximum atomic E-state index is 5.79. The average Bonchev–Trinajstić information content (AvgIpc) is 3.27. The maximum absolute atomic E-state index is 5.79. The molecule has 1 aromatic carbocycles. The molecule has 5 heteroatoms. The van der Waals surface area contributed by atoms with Gasteiger partial charge in [0.1, 0.15) is 5.75 Å². The van der Waals surface area contributed by atoms with Crippen LogP contribution in [-0.4, -0.2) is 18.1 Å². The highest BCUT2D eigenvalue weighted by molar-refractivity contribution is 7.80. The summed E-state index contributed by atoms with van der Waals surface area (Å²) in [6.45, 7) is 1.64. The van der Waals surface area contributed by atoms with Gasteiger partial charge in [0.05, 0.1) is 18.1 Å². The summed E-state index contributed by atoms with van der Waals surface area (Å²) >= 11 is 7.59. The Labute approximate surface area is 178 Å². The summed E-state index contributed by atoms with van der Waals surface area (Å²) in [5.41, 5.74) is 1.22. The molecule has 0 saturated heterocycles. The van der Waals surface area contributed by atoms with Crippen molar-refractivity contribution >= 4 is 28.5 Å². The van der Waals surface area contributed by atoms with Crippen LogP contribution in [0.5, 0.6) is 5.75 Å². The van der Waals surface area contributed by atoms with Crippen LogP contribution in [-0.2, 0) is 13.1 Å². The number of rotatable bonds is 10. The van der Waals surface area contributed by atoms with Crippen LogP contribution in [0.2, 0.25) is 0 Å². The molecule has 0 bridgehead atoms. The molecule has 1 atom stereocenters. The van der Waals surface area contributed by atoms with Gasteiger partial charge in [-0.25, -0.2) is 0 Å². The monoisotopic (exact) mass is 416 g/mol. The molecule has 0 spiro atoms. The summed E-state index contributed by atoms with van der Waals surface area (Å²) in [7, 11) is 1.69. The van der Waals surface area contributed by atoms with E-state index < -0.39 is 0 Å². The van der Waals surface area contributed by atoms with Crippen molar-refractivity contribution in [2.24, 2.45) is 5.92 Å². The van der Waals surface area contributed by atoms with Crippen molar-refractivity contribution in [2.75, 3.05) is 7.11 Å². The Kier molecular flexibility index (Phi) is 8.77. The van der Waals surface area contributed by atoms with Gasteiger partial charge in [0.25, 0.3) is 0 Å². The summed E-state index contributed by atoms with van der Waals surface area (Å²) in [6.07, 6.45) is 9.39. The minimum atomic E-state index is 0.234. The van der Waals surface area contributed by atoms with Gasteiger partial charge in [-0.1, -0.05) is 62.5 Å². The molecular weight excluding hydrogens is 384 g/mol. The Morgan fingerprint density at radius 1 is 1.14 bits per heavy atom. The van der Waals surface area contributed by atoms with E-state index >= 15 is 0 Å². The molecule has 2 N–H and O–H groups in total. The molecule has 0 radical (unpaired) electrons. The molecule has 1 saturated carbocycles. The van der Waals surface area contributed by atoms with E-state index in [-0.39, 0.29) is 6.04 Å². The molecule has 152 valence electrons. The third-order valence-electron chi connectivity index (χ3n) is 5.63. The van der Waals surface area contributed by atoms with Crippen molar-refractivity contribution in [1.29, 1.82) is 0 Å². The summed E-state index contributed by atoms with van der Waals surface area (Å²) in [6, 6.07) is 12.7. The first kappa shape index (κ1) is 21.3. The fourth-order valence-electron chi connectivity index (χ4n) is 3.90. The first-order chi connectivity index (χ1) is 13.7. The Hall–Kier alpha value is -1.43. The molecule has 1 aliphatic rings. The number of methoxy groups -OCH3 is 1. The lowest BCUT2D eigenvalue weighted by Gasteiger charge is -2.26. The third kappa shape index (κ3) is 6.87. The number of hydrogen-bond acceptors (Lipinski definition) is 4. The summed E-state index contributed by atoms with van der Waals surface area (Å²) in [5.74, 6) is 1.76. The van der Waals surface area contributed by atoms with Crippen LogP contribution in [0.15, 0.2) is 41.8 Å². The van der Waals surface area contributed by atoms with Gasteiger partial charge in [-0.3, -0.25) is 0 Å². The lowest BCUT2D eigenvalue weighted by molar-refractivity contribution is 0.324. The fourth-order valence-corrected chi connectivity index (χ4v) is 4.83. The van der Waals surface area contributed by atoms with Gasteiger partial charge in [-0.05, 0) is 47.9 Å². The highest BCUT2D eigenvalue weighted by Crippen LogP contribution is 2.28. The molecular formula is C23H32N2OS2. The number of nitrogens with one attached hydrogen (secondary N) is 2. The van der Waals surface area contributed by atoms with Crippen LogP contribution in [0.25, 0.3) is 0 Å². The highest BCUT2D eigenvalue weighted by Gasteiger charge is 2.19. The summed E-state index contributed by atoms with van der Waals surface area (Å²) in [4.78, 5) is 2.30. The first-order valence-corrected chi connectivity index (χ1v) is 11.7. The third-order valence-corrected chi connectivity index (χ3v) is 6.94. The zero-order chi connectivity index (χ0) is 19.6. The van der Waals surface area contributed by atoms with Crippen molar-refractivity contribution in [3.05, 3.63) is 52.2 Å². The van der Waals surface area contributed by atoms with Crippen LogP contribution in [0.3, 0.4) is 0 Å². The molecule has 2 aromatic rings. The van der Waals surface area contributed by atoms with Crippen molar-refractivity contribution in [3.8, 4) is 5.75 Å². The Bertz CT molecular complexity index is 694. The molecule has 1 aromatic heterocycles. The molecule has 0 unspecified atom stereocenters. The number of thiocarbonyl (C=S) groups is 1. The van der Waals surface area contributed by atoms with E-state index in [9.17, 15) is 0 Å². The Morgan fingerprint density at radius 3 is 2.61 bits per heavy atom. The first-order valence-electron chi connectivity index (χ1n) is 10.4. The second-order valence-electron chi connectivity index (χ2n) is 7.66. The number of benzene rings is 1. The van der Waals surface area contributed by atoms with Crippen LogP contribution in [0, 0.1) is 5.92 Å². The lowest BCUT2D eigenvalue weighted by Crippen LogP contribution is -2.42. The predicted octanol–water partition coefficient (Wildman–Crippen LogP) is 5.69. The molecule has 28 heavy (non-hydrogen) atoms. The van der Waals surface area contributed by atoms with Gasteiger partial charge in [0, 0.05) is 18.0 Å². The molecule has 0 amide bonds. The largest absolute Gasteiger partial charge is 0.497 e. The zero-order valence-electron chi connectivity index (χ0n) is 16.8. The molecule has 1 fully saturated rings. The van der Waals surface area contributed by atoms with Gasteiger partial charge in [-0.2, -0.15) is 0 Å². The average molecular weight is 417 g/mol. The van der Waals surface area contributed by atoms with Gasteiger partial charge in [0.2, 0.25) is 0 Å². The maximum Gasteiger partial charge on any atom is 0.118 e. The second kappa shape index (κ2) is 11.5. The smallest absolute Gasteiger partial charge is 0.118 e. The number of hydrogen-bond donors (Lipinski definition) is 2. The van der Waals surface area contributed by atoms with Crippen molar-refractivity contribution in [3.63, 3.8) is 0 Å². The van der Waals surface area contributed by atoms with E-state index in [0.29, 0.717) is 0 Å². The van der Waals surface area contributed by atoms with Crippen LogP contribution < -0.4 is 15.4 Å². The van der Waals surface area contributed by atoms with E-state index in [0.717, 1.165) is 36.2 Å². The van der Waals surface area contributed by atoms with E-state index in [2.05, 4.69) is 40.3 Å². The standard InChI is InChI=1S/C23H32N2OS2/c1-26-20-12-9-19(10-13-20)16-25-23(27)22(24-17-21-8-5-15-28-21)14-11-18-6-3-2-4-7-18/h5,8-10,12-13,15,18,22,24H,2-4,6-7,11,14,16-17H2,1H3,(H,25,27)/t22-/m1/s1. The van der Waals surface area contributed by atoms with Crippen molar-refractivity contribution < 1.29 is 4.74 Å². The lowest BCUT2D eigenvalue weighted by atomic mass is 9.85. The van der Waals surface area contributed by atoms with Crippen molar-refractivity contribution in [1.82, 2.24) is 10.6 Å². The van der Waals surface area contributed by atoms with E-state index in [1.54, 1.807) is 18.4 Å². The van der Waals surface area contributed by atoms with Crippen molar-refractivity contribution in [2.45, 2.75) is 64.1 Å².